The SMILES string of the molecule is CCOCCCn1c(SCC(=O)NC(=O)N[C@H]2CCCC[C@@H]2C)nc2sc(C)c(C)c2c1=O. The highest BCUT2D eigenvalue weighted by molar-refractivity contribution is 7.99. The maximum Gasteiger partial charge on any atom is 0.321 e. The van der Waals surface area contributed by atoms with Crippen molar-refractivity contribution in [1.29, 1.82) is 0 Å². The molecule has 182 valence electrons. The van der Waals surface area contributed by atoms with Crippen molar-refractivity contribution in [2.24, 2.45) is 5.92 Å². The third-order valence-electron chi connectivity index (χ3n) is 6.14. The van der Waals surface area contributed by atoms with E-state index >= 15 is 0 Å². The number of thioether (sulfide) groups is 1. The Morgan fingerprint density at radius 3 is 2.76 bits per heavy atom. The number of hydrogen-bond donors (Lipinski definition) is 2. The number of fused-ring (bicyclic) bond motifs is 1. The molecule has 1 fully saturated rings. The second-order valence-corrected chi connectivity index (χ2v) is 10.7. The number of carbonyl (C=O) groups excluding carboxylic acids is 2. The van der Waals surface area contributed by atoms with Gasteiger partial charge in [0, 0.05) is 30.7 Å². The van der Waals surface area contributed by atoms with Crippen LogP contribution in [0.25, 0.3) is 10.2 Å². The topological polar surface area (TPSA) is 102 Å². The van der Waals surface area contributed by atoms with Crippen molar-refractivity contribution in [1.82, 2.24) is 20.2 Å². The molecule has 2 aromatic heterocycles. The lowest BCUT2D eigenvalue weighted by molar-refractivity contribution is -0.117. The largest absolute Gasteiger partial charge is 0.382 e. The predicted octanol–water partition coefficient (Wildman–Crippen LogP) is 4.00. The van der Waals surface area contributed by atoms with Gasteiger partial charge in [0.2, 0.25) is 5.91 Å². The van der Waals surface area contributed by atoms with Gasteiger partial charge in [-0.25, -0.2) is 9.78 Å². The third-order valence-corrected chi connectivity index (χ3v) is 8.22. The van der Waals surface area contributed by atoms with Gasteiger partial charge in [0.05, 0.1) is 11.1 Å². The molecule has 2 atom stereocenters. The number of thiophene rings is 1. The molecule has 2 heterocycles. The van der Waals surface area contributed by atoms with Gasteiger partial charge >= 0.3 is 6.03 Å². The summed E-state index contributed by atoms with van der Waals surface area (Å²) in [6.07, 6.45) is 4.98. The van der Waals surface area contributed by atoms with Gasteiger partial charge in [-0.3, -0.25) is 19.5 Å². The van der Waals surface area contributed by atoms with Gasteiger partial charge < -0.3 is 10.1 Å². The Hall–Kier alpha value is -1.91. The number of hydrogen-bond acceptors (Lipinski definition) is 7. The van der Waals surface area contributed by atoms with E-state index in [1.807, 2.05) is 20.8 Å². The molecule has 0 unspecified atom stereocenters. The molecule has 0 aliphatic heterocycles. The molecule has 1 saturated carbocycles. The second kappa shape index (κ2) is 12.0. The summed E-state index contributed by atoms with van der Waals surface area (Å²) >= 11 is 2.66. The molecular weight excluding hydrogens is 460 g/mol. The highest BCUT2D eigenvalue weighted by Gasteiger charge is 2.24. The summed E-state index contributed by atoms with van der Waals surface area (Å²) in [5, 5.41) is 6.48. The zero-order valence-corrected chi connectivity index (χ0v) is 21.5. The van der Waals surface area contributed by atoms with Gasteiger partial charge in [-0.2, -0.15) is 0 Å². The van der Waals surface area contributed by atoms with E-state index in [1.165, 1.54) is 29.5 Å². The maximum absolute atomic E-state index is 13.2. The standard InChI is InChI=1S/C23H34N4O4S2/c1-5-31-12-8-11-27-21(29)19-15(3)16(4)33-20(19)26-23(27)32-13-18(28)25-22(30)24-17-10-7-6-9-14(17)2/h14,17H,5-13H2,1-4H3,(H2,24,25,28,30)/t14-,17-/m0/s1. The number of urea groups is 1. The number of imide groups is 1. The number of aryl methyl sites for hydroxylation is 2. The van der Waals surface area contributed by atoms with Gasteiger partial charge in [-0.1, -0.05) is 31.5 Å². The van der Waals surface area contributed by atoms with E-state index in [4.69, 9.17) is 9.72 Å². The number of ether oxygens (including phenoxy) is 1. The first-order chi connectivity index (χ1) is 15.8. The minimum Gasteiger partial charge on any atom is -0.382 e. The minimum absolute atomic E-state index is 0.000383. The predicted molar refractivity (Wildman–Crippen MR) is 133 cm³/mol. The van der Waals surface area contributed by atoms with Gasteiger partial charge in [-0.15, -0.1) is 11.3 Å². The molecule has 2 aromatic rings. The average Bonchev–Trinajstić information content (AvgIpc) is 3.06. The Morgan fingerprint density at radius 2 is 2.03 bits per heavy atom. The normalized spacial score (nSPS) is 18.4. The van der Waals surface area contributed by atoms with Crippen molar-refractivity contribution in [2.45, 2.75) is 77.5 Å². The average molecular weight is 495 g/mol. The zero-order chi connectivity index (χ0) is 24.0. The van der Waals surface area contributed by atoms with Crippen LogP contribution in [0.5, 0.6) is 0 Å². The third kappa shape index (κ3) is 6.58. The molecule has 0 spiro atoms. The summed E-state index contributed by atoms with van der Waals surface area (Å²) in [4.78, 5) is 44.4. The first-order valence-corrected chi connectivity index (χ1v) is 13.4. The molecule has 0 aromatic carbocycles. The smallest absolute Gasteiger partial charge is 0.321 e. The molecule has 3 amide bonds. The van der Waals surface area contributed by atoms with Crippen LogP contribution in [0.2, 0.25) is 0 Å². The van der Waals surface area contributed by atoms with E-state index in [9.17, 15) is 14.4 Å². The molecular formula is C23H34N4O4S2. The van der Waals surface area contributed by atoms with Gasteiger partial charge in [0.1, 0.15) is 4.83 Å². The lowest BCUT2D eigenvalue weighted by Crippen LogP contribution is -2.48. The van der Waals surface area contributed by atoms with Crippen molar-refractivity contribution >= 4 is 45.3 Å². The van der Waals surface area contributed by atoms with E-state index in [-0.39, 0.29) is 17.4 Å². The highest BCUT2D eigenvalue weighted by Crippen LogP contribution is 2.28. The van der Waals surface area contributed by atoms with Crippen LogP contribution in [0.1, 0.15) is 56.4 Å². The Balaban J connectivity index is 1.68. The Morgan fingerprint density at radius 1 is 1.27 bits per heavy atom. The second-order valence-electron chi connectivity index (χ2n) is 8.54. The number of aromatic nitrogens is 2. The summed E-state index contributed by atoms with van der Waals surface area (Å²) in [5.74, 6) is 0.00358. The molecule has 0 saturated heterocycles. The van der Waals surface area contributed by atoms with Crippen molar-refractivity contribution in [3.63, 3.8) is 0 Å². The van der Waals surface area contributed by atoms with E-state index in [0.717, 1.165) is 29.7 Å². The summed E-state index contributed by atoms with van der Waals surface area (Å²) in [6, 6.07) is -0.356. The lowest BCUT2D eigenvalue weighted by atomic mass is 9.86. The molecule has 0 bridgehead atoms. The molecule has 2 N–H and O–H groups in total. The van der Waals surface area contributed by atoms with Gasteiger partial charge in [0.15, 0.2) is 5.16 Å². The first kappa shape index (κ1) is 25.7. The fourth-order valence-electron chi connectivity index (χ4n) is 4.11. The van der Waals surface area contributed by atoms with Crippen LogP contribution in [0.15, 0.2) is 9.95 Å². The van der Waals surface area contributed by atoms with E-state index in [2.05, 4.69) is 17.6 Å². The van der Waals surface area contributed by atoms with Crippen molar-refractivity contribution in [3.8, 4) is 0 Å². The summed E-state index contributed by atoms with van der Waals surface area (Å²) in [5.41, 5.74) is 0.860. The highest BCUT2D eigenvalue weighted by atomic mass is 32.2. The summed E-state index contributed by atoms with van der Waals surface area (Å²) in [7, 11) is 0. The fourth-order valence-corrected chi connectivity index (χ4v) is 6.01. The van der Waals surface area contributed by atoms with E-state index in [1.54, 1.807) is 4.57 Å². The Bertz CT molecular complexity index is 1050. The van der Waals surface area contributed by atoms with Gasteiger partial charge in [0.25, 0.3) is 5.56 Å². The quantitative estimate of drug-likeness (QED) is 0.310. The monoisotopic (exact) mass is 494 g/mol. The zero-order valence-electron chi connectivity index (χ0n) is 19.9. The first-order valence-electron chi connectivity index (χ1n) is 11.6. The maximum atomic E-state index is 13.2. The molecule has 8 nitrogen and oxygen atoms in total. The van der Waals surface area contributed by atoms with Crippen molar-refractivity contribution in [2.75, 3.05) is 19.0 Å². The van der Waals surface area contributed by atoms with Crippen LogP contribution in [0.3, 0.4) is 0 Å². The molecule has 10 heteroatoms. The number of amides is 3. The molecule has 33 heavy (non-hydrogen) atoms. The van der Waals surface area contributed by atoms with E-state index < -0.39 is 11.9 Å². The number of rotatable bonds is 9. The molecule has 1 aliphatic rings. The van der Waals surface area contributed by atoms with Crippen LogP contribution >= 0.6 is 23.1 Å². The summed E-state index contributed by atoms with van der Waals surface area (Å²) in [6.45, 7) is 9.61. The van der Waals surface area contributed by atoms with Gasteiger partial charge in [-0.05, 0) is 51.5 Å². The number of carbonyl (C=O) groups is 2. The fraction of sp³-hybridized carbons (Fsp3) is 0.652. The Kier molecular flexibility index (Phi) is 9.34. The minimum atomic E-state index is -0.457. The van der Waals surface area contributed by atoms with Crippen LogP contribution in [0.4, 0.5) is 4.79 Å². The lowest BCUT2D eigenvalue weighted by Gasteiger charge is -2.29. The Labute approximate surface area is 202 Å². The van der Waals surface area contributed by atoms with Crippen LogP contribution in [-0.2, 0) is 16.1 Å². The number of nitrogens with zero attached hydrogens (tertiary/aromatic N) is 2. The van der Waals surface area contributed by atoms with E-state index in [0.29, 0.717) is 47.5 Å². The molecule has 1 aliphatic carbocycles. The van der Waals surface area contributed by atoms with Crippen LogP contribution in [0, 0.1) is 19.8 Å². The van der Waals surface area contributed by atoms with Crippen LogP contribution in [-0.4, -0.2) is 46.5 Å². The summed E-state index contributed by atoms with van der Waals surface area (Å²) < 4.78 is 7.04. The van der Waals surface area contributed by atoms with Crippen LogP contribution < -0.4 is 16.2 Å². The number of nitrogens with one attached hydrogen (secondary N) is 2. The molecule has 0 radical (unpaired) electrons. The van der Waals surface area contributed by atoms with Crippen molar-refractivity contribution in [3.05, 3.63) is 20.8 Å². The molecule has 3 rings (SSSR count). The van der Waals surface area contributed by atoms with Crippen molar-refractivity contribution < 1.29 is 14.3 Å².